The van der Waals surface area contributed by atoms with Gasteiger partial charge in [0.2, 0.25) is 5.91 Å². The van der Waals surface area contributed by atoms with Crippen LogP contribution in [0, 0.1) is 5.92 Å². The number of nitrogens with one attached hydrogen (secondary N) is 2. The molecule has 0 aromatic carbocycles. The van der Waals surface area contributed by atoms with Gasteiger partial charge in [0.15, 0.2) is 0 Å². The molecule has 0 unspecified atom stereocenters. The minimum atomic E-state index is 0.105. The van der Waals surface area contributed by atoms with Crippen LogP contribution in [0.15, 0.2) is 12.7 Å². The van der Waals surface area contributed by atoms with Crippen molar-refractivity contribution in [1.82, 2.24) is 15.5 Å². The first-order chi connectivity index (χ1) is 8.61. The molecule has 4 nitrogen and oxygen atoms in total. The molecule has 4 heteroatoms. The monoisotopic (exact) mass is 253 g/mol. The number of amides is 1. The largest absolute Gasteiger partial charge is 0.352 e. The van der Waals surface area contributed by atoms with E-state index >= 15 is 0 Å². The SMILES string of the molecule is C=CCNC(=O)CN1CCC(CNC(C)C)CC1. The molecule has 1 saturated heterocycles. The highest BCUT2D eigenvalue weighted by Crippen LogP contribution is 2.16. The van der Waals surface area contributed by atoms with Crippen LogP contribution in [0.4, 0.5) is 0 Å². The van der Waals surface area contributed by atoms with E-state index < -0.39 is 0 Å². The van der Waals surface area contributed by atoms with Crippen molar-refractivity contribution in [3.63, 3.8) is 0 Å². The van der Waals surface area contributed by atoms with E-state index in [0.29, 0.717) is 19.1 Å². The molecule has 0 bridgehead atoms. The fourth-order valence-electron chi connectivity index (χ4n) is 2.20. The summed E-state index contributed by atoms with van der Waals surface area (Å²) in [5.74, 6) is 0.869. The van der Waals surface area contributed by atoms with E-state index in [1.165, 1.54) is 12.8 Å². The van der Waals surface area contributed by atoms with E-state index in [-0.39, 0.29) is 5.91 Å². The smallest absolute Gasteiger partial charge is 0.234 e. The molecule has 18 heavy (non-hydrogen) atoms. The maximum Gasteiger partial charge on any atom is 0.234 e. The van der Waals surface area contributed by atoms with Crippen LogP contribution in [0.1, 0.15) is 26.7 Å². The van der Waals surface area contributed by atoms with Gasteiger partial charge in [-0.2, -0.15) is 0 Å². The Labute approximate surface area is 111 Å². The van der Waals surface area contributed by atoms with Gasteiger partial charge in [-0.25, -0.2) is 0 Å². The Morgan fingerprint density at radius 1 is 1.44 bits per heavy atom. The van der Waals surface area contributed by atoms with E-state index in [9.17, 15) is 4.79 Å². The Bertz CT molecular complexity index is 258. The lowest BCUT2D eigenvalue weighted by Crippen LogP contribution is -2.43. The van der Waals surface area contributed by atoms with Gasteiger partial charge < -0.3 is 10.6 Å². The second-order valence-corrected chi connectivity index (χ2v) is 5.38. The Morgan fingerprint density at radius 2 is 2.11 bits per heavy atom. The zero-order chi connectivity index (χ0) is 13.4. The zero-order valence-corrected chi connectivity index (χ0v) is 11.7. The molecule has 0 spiro atoms. The lowest BCUT2D eigenvalue weighted by atomic mass is 9.96. The molecule has 104 valence electrons. The Morgan fingerprint density at radius 3 is 2.67 bits per heavy atom. The molecule has 0 saturated carbocycles. The molecule has 2 N–H and O–H groups in total. The van der Waals surface area contributed by atoms with Gasteiger partial charge in [-0.3, -0.25) is 9.69 Å². The highest BCUT2D eigenvalue weighted by atomic mass is 16.2. The molecule has 0 aromatic rings. The summed E-state index contributed by atoms with van der Waals surface area (Å²) < 4.78 is 0. The molecule has 1 amide bonds. The molecule has 1 rings (SSSR count). The molecule has 1 heterocycles. The molecule has 0 atom stereocenters. The van der Waals surface area contributed by atoms with Crippen molar-refractivity contribution in [3.05, 3.63) is 12.7 Å². The van der Waals surface area contributed by atoms with Gasteiger partial charge in [0.1, 0.15) is 0 Å². The van der Waals surface area contributed by atoms with Crippen molar-refractivity contribution in [2.45, 2.75) is 32.7 Å². The summed E-state index contributed by atoms with van der Waals surface area (Å²) in [5, 5.41) is 6.31. The summed E-state index contributed by atoms with van der Waals surface area (Å²) in [6.45, 7) is 12.2. The van der Waals surface area contributed by atoms with Crippen LogP contribution in [-0.4, -0.2) is 49.6 Å². The number of likely N-dealkylation sites (tertiary alicyclic amines) is 1. The van der Waals surface area contributed by atoms with Gasteiger partial charge in [0.05, 0.1) is 6.54 Å². The predicted octanol–water partition coefficient (Wildman–Crippen LogP) is 0.999. The fourth-order valence-corrected chi connectivity index (χ4v) is 2.20. The molecule has 1 aliphatic heterocycles. The molecule has 0 aromatic heterocycles. The Kier molecular flexibility index (Phi) is 6.98. The van der Waals surface area contributed by atoms with Crippen LogP contribution >= 0.6 is 0 Å². The summed E-state index contributed by atoms with van der Waals surface area (Å²) >= 11 is 0. The van der Waals surface area contributed by atoms with Gasteiger partial charge in [-0.05, 0) is 38.4 Å². The number of piperidine rings is 1. The normalized spacial score (nSPS) is 17.9. The van der Waals surface area contributed by atoms with E-state index in [1.807, 2.05) is 0 Å². The fraction of sp³-hybridized carbons (Fsp3) is 0.786. The van der Waals surface area contributed by atoms with Crippen LogP contribution in [0.3, 0.4) is 0 Å². The van der Waals surface area contributed by atoms with Gasteiger partial charge in [-0.1, -0.05) is 19.9 Å². The topological polar surface area (TPSA) is 44.4 Å². The summed E-state index contributed by atoms with van der Waals surface area (Å²) in [5.41, 5.74) is 0. The second kappa shape index (κ2) is 8.27. The van der Waals surface area contributed by atoms with Crippen molar-refractivity contribution in [1.29, 1.82) is 0 Å². The van der Waals surface area contributed by atoms with Crippen molar-refractivity contribution in [2.24, 2.45) is 5.92 Å². The quantitative estimate of drug-likeness (QED) is 0.665. The van der Waals surface area contributed by atoms with Crippen LogP contribution in [-0.2, 0) is 4.79 Å². The number of carbonyl (C=O) groups excluding carboxylic acids is 1. The van der Waals surface area contributed by atoms with Crippen LogP contribution in [0.2, 0.25) is 0 Å². The Hall–Kier alpha value is -0.870. The summed E-state index contributed by atoms with van der Waals surface area (Å²) in [4.78, 5) is 13.8. The second-order valence-electron chi connectivity index (χ2n) is 5.38. The zero-order valence-electron chi connectivity index (χ0n) is 11.7. The van der Waals surface area contributed by atoms with Crippen LogP contribution in [0.5, 0.6) is 0 Å². The molecule has 1 aliphatic rings. The summed E-state index contributed by atoms with van der Waals surface area (Å²) in [6.07, 6.45) is 4.09. The third kappa shape index (κ3) is 6.17. The van der Waals surface area contributed by atoms with Gasteiger partial charge in [0, 0.05) is 12.6 Å². The van der Waals surface area contributed by atoms with Crippen molar-refractivity contribution in [3.8, 4) is 0 Å². The van der Waals surface area contributed by atoms with Crippen LogP contribution < -0.4 is 10.6 Å². The highest BCUT2D eigenvalue weighted by Gasteiger charge is 2.20. The number of carbonyl (C=O) groups is 1. The third-order valence-electron chi connectivity index (χ3n) is 3.33. The standard InChI is InChI=1S/C14H27N3O/c1-4-7-15-14(18)11-17-8-5-13(6-9-17)10-16-12(2)3/h4,12-13,16H,1,5-11H2,2-3H3,(H,15,18). The van der Waals surface area contributed by atoms with Crippen molar-refractivity contribution in [2.75, 3.05) is 32.7 Å². The van der Waals surface area contributed by atoms with E-state index in [2.05, 4.69) is 36.0 Å². The summed E-state index contributed by atoms with van der Waals surface area (Å²) in [6, 6.07) is 0.563. The highest BCUT2D eigenvalue weighted by molar-refractivity contribution is 5.78. The molecular formula is C14H27N3O. The summed E-state index contributed by atoms with van der Waals surface area (Å²) in [7, 11) is 0. The maximum absolute atomic E-state index is 11.6. The lowest BCUT2D eigenvalue weighted by Gasteiger charge is -2.31. The Balaban J connectivity index is 2.14. The number of rotatable bonds is 7. The van der Waals surface area contributed by atoms with Gasteiger partial charge >= 0.3 is 0 Å². The lowest BCUT2D eigenvalue weighted by molar-refractivity contribution is -0.122. The third-order valence-corrected chi connectivity index (χ3v) is 3.33. The van der Waals surface area contributed by atoms with Crippen LogP contribution in [0.25, 0.3) is 0 Å². The van der Waals surface area contributed by atoms with Crippen molar-refractivity contribution >= 4 is 5.91 Å². The maximum atomic E-state index is 11.6. The van der Waals surface area contributed by atoms with Crippen molar-refractivity contribution < 1.29 is 4.79 Å². The molecule has 0 aliphatic carbocycles. The molecule has 1 fully saturated rings. The molecule has 0 radical (unpaired) electrons. The van der Waals surface area contributed by atoms with E-state index in [0.717, 1.165) is 25.6 Å². The number of hydrogen-bond acceptors (Lipinski definition) is 3. The minimum absolute atomic E-state index is 0.105. The number of hydrogen-bond donors (Lipinski definition) is 2. The number of nitrogens with zero attached hydrogens (tertiary/aromatic N) is 1. The predicted molar refractivity (Wildman–Crippen MR) is 75.5 cm³/mol. The first kappa shape index (κ1) is 15.2. The van der Waals surface area contributed by atoms with E-state index in [4.69, 9.17) is 0 Å². The van der Waals surface area contributed by atoms with Gasteiger partial charge in [-0.15, -0.1) is 6.58 Å². The average Bonchev–Trinajstić information content (AvgIpc) is 2.35. The minimum Gasteiger partial charge on any atom is -0.352 e. The van der Waals surface area contributed by atoms with Gasteiger partial charge in [0.25, 0.3) is 0 Å². The van der Waals surface area contributed by atoms with E-state index in [1.54, 1.807) is 6.08 Å². The first-order valence-electron chi connectivity index (χ1n) is 6.95. The molecular weight excluding hydrogens is 226 g/mol. The first-order valence-corrected chi connectivity index (χ1v) is 6.95. The average molecular weight is 253 g/mol.